The van der Waals surface area contributed by atoms with Crippen LogP contribution in [0.15, 0.2) is 40.6 Å². The molecule has 2 heterocycles. The fraction of sp³-hybridized carbons (Fsp3) is 0.412. The highest BCUT2D eigenvalue weighted by Crippen LogP contribution is 2.17. The summed E-state index contributed by atoms with van der Waals surface area (Å²) in [7, 11) is 0. The molecule has 0 aliphatic carbocycles. The van der Waals surface area contributed by atoms with Crippen LogP contribution in [-0.2, 0) is 13.1 Å². The zero-order chi connectivity index (χ0) is 15.5. The van der Waals surface area contributed by atoms with E-state index in [4.69, 9.17) is 11.1 Å². The molecule has 1 fully saturated rings. The molecule has 22 heavy (non-hydrogen) atoms. The molecule has 0 amide bonds. The number of nitrogens with zero attached hydrogens (tertiary/aromatic N) is 3. The Labute approximate surface area is 131 Å². The molecule has 0 aromatic heterocycles. The molecule has 3 rings (SSSR count). The summed E-state index contributed by atoms with van der Waals surface area (Å²) in [6.45, 7) is 5.88. The summed E-state index contributed by atoms with van der Waals surface area (Å²) in [5, 5.41) is 14.0. The van der Waals surface area contributed by atoms with Gasteiger partial charge in [-0.15, -0.1) is 0 Å². The van der Waals surface area contributed by atoms with E-state index in [0.29, 0.717) is 23.7 Å². The molecule has 2 aliphatic heterocycles. The van der Waals surface area contributed by atoms with Gasteiger partial charge in [-0.25, -0.2) is 5.01 Å². The maximum atomic E-state index is 8.09. The smallest absolute Gasteiger partial charge is 0.152 e. The van der Waals surface area contributed by atoms with Crippen molar-refractivity contribution in [3.05, 3.63) is 46.7 Å². The van der Waals surface area contributed by atoms with E-state index < -0.39 is 0 Å². The van der Waals surface area contributed by atoms with Crippen molar-refractivity contribution in [3.63, 3.8) is 0 Å². The summed E-state index contributed by atoms with van der Waals surface area (Å²) >= 11 is 0. The number of nitrogens with two attached hydrogens (primary N) is 1. The summed E-state index contributed by atoms with van der Waals surface area (Å²) in [5.41, 5.74) is 9.61. The van der Waals surface area contributed by atoms with Crippen molar-refractivity contribution >= 4 is 12.1 Å². The van der Waals surface area contributed by atoms with Gasteiger partial charge in [-0.2, -0.15) is 5.10 Å². The highest BCUT2D eigenvalue weighted by Gasteiger charge is 2.20. The molecule has 1 aromatic carbocycles. The molecule has 0 radical (unpaired) electrons. The quantitative estimate of drug-likeness (QED) is 0.896. The first-order chi connectivity index (χ1) is 10.6. The molecule has 0 saturated carbocycles. The lowest BCUT2D eigenvalue weighted by atomic mass is 10.1. The molecule has 1 aromatic rings. The van der Waals surface area contributed by atoms with Gasteiger partial charge < -0.3 is 5.73 Å². The molecule has 5 heteroatoms. The number of hydrazone groups is 1. The van der Waals surface area contributed by atoms with Crippen molar-refractivity contribution in [3.8, 4) is 0 Å². The molecule has 3 N–H and O–H groups in total. The fourth-order valence-electron chi connectivity index (χ4n) is 2.92. The Balaban J connectivity index is 1.61. The molecule has 0 atom stereocenters. The number of nitrogens with one attached hydrogen (secondary N) is 1. The number of amidine groups is 1. The lowest BCUT2D eigenvalue weighted by molar-refractivity contribution is 0.331. The minimum absolute atomic E-state index is 0.376. The summed E-state index contributed by atoms with van der Waals surface area (Å²) in [6, 6.07) is 8.63. The average molecular weight is 297 g/mol. The first-order valence-corrected chi connectivity index (χ1v) is 7.80. The minimum Gasteiger partial charge on any atom is -0.402 e. The standard InChI is InChI=1S/C17H23N5/c1-13(18)16-10-20-22(17(16)19)12-15-6-4-14(5-7-15)11-21-8-2-3-9-21/h4-7,10,19H,2-3,8-9,11-12,18H2,1H3/b16-13+,19-17?. The zero-order valence-electron chi connectivity index (χ0n) is 13.0. The van der Waals surface area contributed by atoms with E-state index in [1.54, 1.807) is 18.1 Å². The molecular weight excluding hydrogens is 274 g/mol. The number of allylic oxidation sites excluding steroid dienone is 1. The first kappa shape index (κ1) is 14.8. The van der Waals surface area contributed by atoms with Gasteiger partial charge in [0, 0.05) is 12.2 Å². The topological polar surface area (TPSA) is 68.7 Å². The van der Waals surface area contributed by atoms with Gasteiger partial charge in [-0.3, -0.25) is 10.3 Å². The maximum absolute atomic E-state index is 8.09. The minimum atomic E-state index is 0.376. The van der Waals surface area contributed by atoms with Gasteiger partial charge in [0.2, 0.25) is 0 Å². The van der Waals surface area contributed by atoms with Crippen molar-refractivity contribution in [2.45, 2.75) is 32.9 Å². The molecular formula is C17H23N5. The van der Waals surface area contributed by atoms with Crippen LogP contribution >= 0.6 is 0 Å². The van der Waals surface area contributed by atoms with E-state index in [0.717, 1.165) is 12.1 Å². The zero-order valence-corrected chi connectivity index (χ0v) is 13.0. The van der Waals surface area contributed by atoms with Crippen LogP contribution in [0.5, 0.6) is 0 Å². The third-order valence-corrected chi connectivity index (χ3v) is 4.22. The SMILES string of the molecule is C/C(N)=C1/C=NN(Cc2ccc(CN3CCCC3)cc2)C1=N. The number of likely N-dealkylation sites (tertiary alicyclic amines) is 1. The maximum Gasteiger partial charge on any atom is 0.152 e. The second kappa shape index (κ2) is 6.32. The Morgan fingerprint density at radius 3 is 2.27 bits per heavy atom. The predicted octanol–water partition coefficient (Wildman–Crippen LogP) is 2.29. The van der Waals surface area contributed by atoms with Crippen molar-refractivity contribution in [2.24, 2.45) is 10.8 Å². The molecule has 0 spiro atoms. The van der Waals surface area contributed by atoms with Crippen molar-refractivity contribution < 1.29 is 0 Å². The van der Waals surface area contributed by atoms with Crippen molar-refractivity contribution in [2.75, 3.05) is 13.1 Å². The third kappa shape index (κ3) is 3.20. The Hall–Kier alpha value is -2.14. The van der Waals surface area contributed by atoms with Gasteiger partial charge in [-0.05, 0) is 44.0 Å². The number of hydrogen-bond donors (Lipinski definition) is 2. The van der Waals surface area contributed by atoms with Gasteiger partial charge in [0.1, 0.15) is 0 Å². The summed E-state index contributed by atoms with van der Waals surface area (Å²) in [6.07, 6.45) is 4.31. The van der Waals surface area contributed by atoms with Crippen LogP contribution in [0.4, 0.5) is 0 Å². The monoisotopic (exact) mass is 297 g/mol. The van der Waals surface area contributed by atoms with Gasteiger partial charge in [0.25, 0.3) is 0 Å². The van der Waals surface area contributed by atoms with Crippen LogP contribution in [0.1, 0.15) is 30.9 Å². The molecule has 0 unspecified atom stereocenters. The number of rotatable bonds is 4. The lowest BCUT2D eigenvalue weighted by Gasteiger charge is -2.16. The summed E-state index contributed by atoms with van der Waals surface area (Å²) in [5.74, 6) is 0.376. The van der Waals surface area contributed by atoms with Gasteiger partial charge >= 0.3 is 0 Å². The van der Waals surface area contributed by atoms with Crippen LogP contribution in [0.25, 0.3) is 0 Å². The summed E-state index contributed by atoms with van der Waals surface area (Å²) in [4.78, 5) is 2.50. The average Bonchev–Trinajstić information content (AvgIpc) is 3.12. The second-order valence-corrected chi connectivity index (χ2v) is 6.05. The van der Waals surface area contributed by atoms with Crippen LogP contribution in [0, 0.1) is 5.41 Å². The number of hydrogen-bond acceptors (Lipinski definition) is 4. The van der Waals surface area contributed by atoms with Crippen LogP contribution in [-0.4, -0.2) is 35.0 Å². The van der Waals surface area contributed by atoms with E-state index in [1.165, 1.54) is 31.5 Å². The van der Waals surface area contributed by atoms with Gasteiger partial charge in [-0.1, -0.05) is 24.3 Å². The lowest BCUT2D eigenvalue weighted by Crippen LogP contribution is -2.22. The summed E-state index contributed by atoms with van der Waals surface area (Å²) < 4.78 is 0. The Kier molecular flexibility index (Phi) is 4.24. The van der Waals surface area contributed by atoms with Crippen LogP contribution < -0.4 is 5.73 Å². The van der Waals surface area contributed by atoms with Gasteiger partial charge in [0.15, 0.2) is 5.84 Å². The highest BCUT2D eigenvalue weighted by atomic mass is 15.5. The van der Waals surface area contributed by atoms with Crippen LogP contribution in [0.2, 0.25) is 0 Å². The molecule has 1 saturated heterocycles. The molecule has 5 nitrogen and oxygen atoms in total. The van der Waals surface area contributed by atoms with E-state index in [9.17, 15) is 0 Å². The van der Waals surface area contributed by atoms with Gasteiger partial charge in [0.05, 0.1) is 18.3 Å². The third-order valence-electron chi connectivity index (χ3n) is 4.22. The highest BCUT2D eigenvalue weighted by molar-refractivity contribution is 6.17. The van der Waals surface area contributed by atoms with E-state index in [1.807, 2.05) is 0 Å². The van der Waals surface area contributed by atoms with Crippen LogP contribution in [0.3, 0.4) is 0 Å². The molecule has 116 valence electrons. The van der Waals surface area contributed by atoms with E-state index in [-0.39, 0.29) is 0 Å². The fourth-order valence-corrected chi connectivity index (χ4v) is 2.92. The van der Waals surface area contributed by atoms with E-state index >= 15 is 0 Å². The second-order valence-electron chi connectivity index (χ2n) is 6.05. The molecule has 2 aliphatic rings. The van der Waals surface area contributed by atoms with Crippen molar-refractivity contribution in [1.29, 1.82) is 5.41 Å². The number of benzene rings is 1. The molecule has 0 bridgehead atoms. The Bertz CT molecular complexity index is 604. The van der Waals surface area contributed by atoms with Crippen molar-refractivity contribution in [1.82, 2.24) is 9.91 Å². The van der Waals surface area contributed by atoms with E-state index in [2.05, 4.69) is 34.3 Å². The largest absolute Gasteiger partial charge is 0.402 e. The Morgan fingerprint density at radius 1 is 1.14 bits per heavy atom. The predicted molar refractivity (Wildman–Crippen MR) is 89.6 cm³/mol. The normalized spacial score (nSPS) is 21.0. The first-order valence-electron chi connectivity index (χ1n) is 7.80. The Morgan fingerprint density at radius 2 is 1.73 bits per heavy atom.